The van der Waals surface area contributed by atoms with Gasteiger partial charge < -0.3 is 0 Å². The maximum absolute atomic E-state index is 14.3. The Hall–Kier alpha value is -4.38. The van der Waals surface area contributed by atoms with E-state index in [2.05, 4.69) is 29.9 Å². The van der Waals surface area contributed by atoms with E-state index in [-0.39, 0.29) is 0 Å². The van der Waals surface area contributed by atoms with Crippen LogP contribution in [-0.2, 0) is 0 Å². The van der Waals surface area contributed by atoms with Crippen molar-refractivity contribution in [3.63, 3.8) is 0 Å². The molecule has 0 radical (unpaired) electrons. The molecule has 0 aliphatic rings. The highest BCUT2D eigenvalue weighted by atomic mass is 19.2. The number of hydrogen-bond acceptors (Lipinski definition) is 6. The van der Waals surface area contributed by atoms with Gasteiger partial charge in [-0.2, -0.15) is 41.3 Å². The van der Waals surface area contributed by atoms with Crippen LogP contribution < -0.4 is 0 Å². The standard InChI is InChI=1S/C18F12N6/c19-4-1(5(20)11(26)31-10(4)25)16-34-17(2-6(21)12(27)32-13(28)7(2)22)36-18(35-16)3-8(23)14(29)33-15(30)9(3)24. The van der Waals surface area contributed by atoms with E-state index in [0.717, 1.165) is 0 Å². The smallest absolute Gasteiger partial charge is 0.208 e. The van der Waals surface area contributed by atoms with Crippen molar-refractivity contribution in [2.75, 3.05) is 0 Å². The molecule has 4 rings (SSSR count). The fourth-order valence-electron chi connectivity index (χ4n) is 2.76. The molecule has 186 valence electrons. The molecule has 4 heterocycles. The predicted molar refractivity (Wildman–Crippen MR) is 89.0 cm³/mol. The van der Waals surface area contributed by atoms with Crippen LogP contribution in [0.3, 0.4) is 0 Å². The van der Waals surface area contributed by atoms with Gasteiger partial charge >= 0.3 is 0 Å². The summed E-state index contributed by atoms with van der Waals surface area (Å²) < 4.78 is 167. The highest BCUT2D eigenvalue weighted by Gasteiger charge is 2.31. The largest absolute Gasteiger partial charge is 0.252 e. The van der Waals surface area contributed by atoms with Crippen LogP contribution in [0.25, 0.3) is 34.2 Å². The Kier molecular flexibility index (Phi) is 5.97. The van der Waals surface area contributed by atoms with Crippen molar-refractivity contribution in [1.82, 2.24) is 29.9 Å². The van der Waals surface area contributed by atoms with Gasteiger partial charge in [0.15, 0.2) is 52.4 Å². The first-order valence-electron chi connectivity index (χ1n) is 8.70. The highest BCUT2D eigenvalue weighted by Crippen LogP contribution is 2.33. The van der Waals surface area contributed by atoms with Gasteiger partial charge in [0.05, 0.1) is 0 Å². The molecule has 0 bridgehead atoms. The molecular formula is C18F12N6. The zero-order valence-electron chi connectivity index (χ0n) is 16.2. The highest BCUT2D eigenvalue weighted by molar-refractivity contribution is 5.67. The molecule has 0 saturated carbocycles. The minimum Gasteiger partial charge on any atom is -0.208 e. The summed E-state index contributed by atoms with van der Waals surface area (Å²) in [5.41, 5.74) is -5.76. The Labute approximate surface area is 188 Å². The lowest BCUT2D eigenvalue weighted by molar-refractivity contribution is 0.408. The van der Waals surface area contributed by atoms with Crippen molar-refractivity contribution >= 4 is 0 Å². The van der Waals surface area contributed by atoms with E-state index in [1.165, 1.54) is 0 Å². The van der Waals surface area contributed by atoms with Crippen LogP contribution >= 0.6 is 0 Å². The van der Waals surface area contributed by atoms with E-state index in [1.807, 2.05) is 0 Å². The van der Waals surface area contributed by atoms with Crippen molar-refractivity contribution in [2.24, 2.45) is 0 Å². The summed E-state index contributed by atoms with van der Waals surface area (Å²) >= 11 is 0. The van der Waals surface area contributed by atoms with Crippen molar-refractivity contribution < 1.29 is 52.7 Å². The van der Waals surface area contributed by atoms with Gasteiger partial charge in [0.1, 0.15) is 16.7 Å². The summed E-state index contributed by atoms with van der Waals surface area (Å²) in [6.07, 6.45) is 0. The first-order valence-corrected chi connectivity index (χ1v) is 8.70. The molecule has 0 amide bonds. The van der Waals surface area contributed by atoms with Gasteiger partial charge in [-0.3, -0.25) is 0 Å². The minimum atomic E-state index is -2.36. The van der Waals surface area contributed by atoms with E-state index in [0.29, 0.717) is 0 Å². The number of pyridine rings is 3. The van der Waals surface area contributed by atoms with Gasteiger partial charge in [-0.25, -0.2) is 41.3 Å². The Morgan fingerprint density at radius 2 is 0.417 bits per heavy atom. The Morgan fingerprint density at radius 1 is 0.250 bits per heavy atom. The Bertz CT molecular complexity index is 1300. The third-order valence-corrected chi connectivity index (χ3v) is 4.30. The summed E-state index contributed by atoms with van der Waals surface area (Å²) in [6, 6.07) is 0. The molecule has 4 aromatic heterocycles. The lowest BCUT2D eigenvalue weighted by Gasteiger charge is -2.12. The fraction of sp³-hybridized carbons (Fsp3) is 0. The van der Waals surface area contributed by atoms with Gasteiger partial charge in [0, 0.05) is 0 Å². The van der Waals surface area contributed by atoms with Crippen LogP contribution in [0, 0.1) is 70.6 Å². The molecule has 18 heteroatoms. The normalized spacial score (nSPS) is 11.3. The molecule has 0 aromatic carbocycles. The Morgan fingerprint density at radius 3 is 0.583 bits per heavy atom. The van der Waals surface area contributed by atoms with Gasteiger partial charge in [0.2, 0.25) is 0 Å². The van der Waals surface area contributed by atoms with E-state index >= 15 is 0 Å². The first kappa shape index (κ1) is 24.7. The van der Waals surface area contributed by atoms with Crippen LogP contribution in [0.15, 0.2) is 0 Å². The summed E-state index contributed by atoms with van der Waals surface area (Å²) in [7, 11) is 0. The van der Waals surface area contributed by atoms with Crippen molar-refractivity contribution in [3.8, 4) is 34.2 Å². The van der Waals surface area contributed by atoms with Gasteiger partial charge in [-0.1, -0.05) is 0 Å². The average molecular weight is 528 g/mol. The van der Waals surface area contributed by atoms with Gasteiger partial charge in [-0.15, -0.1) is 0 Å². The molecule has 0 N–H and O–H groups in total. The summed E-state index contributed by atoms with van der Waals surface area (Å²) in [4.78, 5) is 15.8. The van der Waals surface area contributed by atoms with Crippen molar-refractivity contribution in [3.05, 3.63) is 70.6 Å². The molecule has 0 fully saturated rings. The summed E-state index contributed by atoms with van der Waals surface area (Å²) in [6.45, 7) is 0. The quantitative estimate of drug-likeness (QED) is 0.283. The minimum absolute atomic E-state index is 1.71. The van der Waals surface area contributed by atoms with E-state index < -0.39 is 105 Å². The first-order chi connectivity index (χ1) is 16.8. The predicted octanol–water partition coefficient (Wildman–Crippen LogP) is 4.73. The molecule has 0 aliphatic carbocycles. The molecule has 0 unspecified atom stereocenters. The second kappa shape index (κ2) is 8.68. The number of halogens is 12. The molecule has 0 saturated heterocycles. The van der Waals surface area contributed by atoms with Gasteiger partial charge in [0.25, 0.3) is 35.7 Å². The molecular weight excluding hydrogens is 528 g/mol. The van der Waals surface area contributed by atoms with Crippen LogP contribution in [0.5, 0.6) is 0 Å². The fourth-order valence-corrected chi connectivity index (χ4v) is 2.76. The second-order valence-corrected chi connectivity index (χ2v) is 6.40. The van der Waals surface area contributed by atoms with E-state index in [1.54, 1.807) is 0 Å². The summed E-state index contributed by atoms with van der Waals surface area (Å²) in [5.74, 6) is -33.3. The average Bonchev–Trinajstić information content (AvgIpc) is 2.81. The zero-order chi connectivity index (χ0) is 26.6. The van der Waals surface area contributed by atoms with Crippen molar-refractivity contribution in [2.45, 2.75) is 0 Å². The van der Waals surface area contributed by atoms with Crippen LogP contribution in [0.1, 0.15) is 0 Å². The lowest BCUT2D eigenvalue weighted by Crippen LogP contribution is -2.12. The third kappa shape index (κ3) is 3.83. The maximum Gasteiger partial charge on any atom is 0.252 e. The molecule has 0 aliphatic heterocycles. The number of nitrogens with zero attached hydrogens (tertiary/aromatic N) is 6. The maximum atomic E-state index is 14.3. The number of rotatable bonds is 3. The Balaban J connectivity index is 2.19. The number of hydrogen-bond donors (Lipinski definition) is 0. The third-order valence-electron chi connectivity index (χ3n) is 4.30. The topological polar surface area (TPSA) is 77.3 Å². The lowest BCUT2D eigenvalue weighted by atomic mass is 10.1. The summed E-state index contributed by atoms with van der Waals surface area (Å²) in [5, 5.41) is 0. The SMILES string of the molecule is Fc1nc(F)c(F)c(-c2nc(-c3c(F)c(F)nc(F)c3F)nc(-c3c(F)c(F)nc(F)c3F)n2)c1F. The molecule has 36 heavy (non-hydrogen) atoms. The van der Waals surface area contributed by atoms with Crippen LogP contribution in [0.2, 0.25) is 0 Å². The molecule has 0 atom stereocenters. The molecule has 4 aromatic rings. The van der Waals surface area contributed by atoms with Crippen LogP contribution in [0.4, 0.5) is 52.7 Å². The molecule has 6 nitrogen and oxygen atoms in total. The number of aromatic nitrogens is 6. The van der Waals surface area contributed by atoms with Crippen LogP contribution in [-0.4, -0.2) is 29.9 Å². The van der Waals surface area contributed by atoms with Gasteiger partial charge in [-0.05, 0) is 0 Å². The zero-order valence-corrected chi connectivity index (χ0v) is 16.2. The van der Waals surface area contributed by atoms with E-state index in [4.69, 9.17) is 0 Å². The molecule has 0 spiro atoms. The monoisotopic (exact) mass is 528 g/mol. The van der Waals surface area contributed by atoms with Crippen molar-refractivity contribution in [1.29, 1.82) is 0 Å². The second-order valence-electron chi connectivity index (χ2n) is 6.40. The van der Waals surface area contributed by atoms with E-state index in [9.17, 15) is 52.7 Å².